The monoisotopic (exact) mass is 392 g/mol. The standard InChI is InChI=1S/C22H20N2O5/c23-9-3-4-10-24-17-6-2-1-5-16(17)22(27,21(24)26)14-18(25)15-7-8-19-20(13-15)29-12-11-28-19/h1-2,5-8,13,27H,3-4,10-12,14H2/t22-/m0/s1. The molecule has 0 spiro atoms. The third kappa shape index (κ3) is 3.32. The molecule has 0 saturated heterocycles. The van der Waals surface area contributed by atoms with Gasteiger partial charge in [0.1, 0.15) is 13.2 Å². The van der Waals surface area contributed by atoms with Crippen molar-refractivity contribution in [3.05, 3.63) is 53.6 Å². The first-order valence-corrected chi connectivity index (χ1v) is 9.48. The van der Waals surface area contributed by atoms with E-state index >= 15 is 0 Å². The first-order valence-electron chi connectivity index (χ1n) is 9.48. The Balaban J connectivity index is 1.61. The van der Waals surface area contributed by atoms with E-state index in [1.165, 1.54) is 4.90 Å². The molecule has 2 heterocycles. The Hall–Kier alpha value is -3.37. The van der Waals surface area contributed by atoms with Crippen LogP contribution in [0.1, 0.15) is 35.2 Å². The van der Waals surface area contributed by atoms with E-state index in [0.717, 1.165) is 0 Å². The number of benzene rings is 2. The van der Waals surface area contributed by atoms with Gasteiger partial charge < -0.3 is 19.5 Å². The highest BCUT2D eigenvalue weighted by atomic mass is 16.6. The van der Waals surface area contributed by atoms with E-state index in [1.807, 2.05) is 0 Å². The van der Waals surface area contributed by atoms with E-state index in [-0.39, 0.29) is 12.2 Å². The van der Waals surface area contributed by atoms with Gasteiger partial charge in [0, 0.05) is 24.1 Å². The van der Waals surface area contributed by atoms with Crippen LogP contribution in [0.3, 0.4) is 0 Å². The number of carbonyl (C=O) groups excluding carboxylic acids is 2. The van der Waals surface area contributed by atoms with Crippen LogP contribution in [-0.4, -0.2) is 36.6 Å². The number of anilines is 1. The molecule has 2 aromatic rings. The lowest BCUT2D eigenvalue weighted by Gasteiger charge is -2.23. The maximum Gasteiger partial charge on any atom is 0.264 e. The zero-order chi connectivity index (χ0) is 20.4. The molecule has 1 atom stereocenters. The van der Waals surface area contributed by atoms with Crippen molar-refractivity contribution < 1.29 is 24.2 Å². The Bertz CT molecular complexity index is 1010. The highest BCUT2D eigenvalue weighted by molar-refractivity contribution is 6.10. The van der Waals surface area contributed by atoms with Crippen molar-refractivity contribution in [3.8, 4) is 17.6 Å². The number of nitriles is 1. The molecule has 0 aromatic heterocycles. The molecule has 148 valence electrons. The van der Waals surface area contributed by atoms with E-state index in [4.69, 9.17) is 14.7 Å². The van der Waals surface area contributed by atoms with E-state index in [9.17, 15) is 14.7 Å². The Morgan fingerprint density at radius 3 is 2.72 bits per heavy atom. The summed E-state index contributed by atoms with van der Waals surface area (Å²) < 4.78 is 11.0. The number of amides is 1. The molecule has 29 heavy (non-hydrogen) atoms. The SMILES string of the molecule is N#CCCCN1C(=O)[C@](O)(CC(=O)c2ccc3c(c2)OCCO3)c2ccccc21. The Kier molecular flexibility index (Phi) is 4.95. The summed E-state index contributed by atoms with van der Waals surface area (Å²) in [5.41, 5.74) is -0.607. The average Bonchev–Trinajstić information content (AvgIpc) is 2.95. The molecular weight excluding hydrogens is 372 g/mol. The van der Waals surface area contributed by atoms with Gasteiger partial charge in [0.15, 0.2) is 22.9 Å². The van der Waals surface area contributed by atoms with Crippen LogP contribution < -0.4 is 14.4 Å². The minimum atomic E-state index is -1.94. The summed E-state index contributed by atoms with van der Waals surface area (Å²) in [6.45, 7) is 1.16. The van der Waals surface area contributed by atoms with Crippen molar-refractivity contribution in [1.29, 1.82) is 5.26 Å². The number of Topliss-reactive ketones (excluding diaryl/α,β-unsaturated/α-hetero) is 1. The summed E-state index contributed by atoms with van der Waals surface area (Å²) in [4.78, 5) is 27.5. The molecule has 0 bridgehead atoms. The zero-order valence-corrected chi connectivity index (χ0v) is 15.8. The van der Waals surface area contributed by atoms with Gasteiger partial charge in [-0.1, -0.05) is 18.2 Å². The molecule has 2 aliphatic rings. The third-order valence-electron chi connectivity index (χ3n) is 5.19. The van der Waals surface area contributed by atoms with Crippen LogP contribution in [0.2, 0.25) is 0 Å². The first-order chi connectivity index (χ1) is 14.0. The van der Waals surface area contributed by atoms with E-state index < -0.39 is 11.5 Å². The van der Waals surface area contributed by atoms with Crippen molar-refractivity contribution >= 4 is 17.4 Å². The van der Waals surface area contributed by atoms with Gasteiger partial charge in [0.05, 0.1) is 18.2 Å². The Morgan fingerprint density at radius 1 is 1.17 bits per heavy atom. The maximum absolute atomic E-state index is 13.1. The summed E-state index contributed by atoms with van der Waals surface area (Å²) in [6, 6.07) is 13.8. The topological polar surface area (TPSA) is 99.9 Å². The van der Waals surface area contributed by atoms with Crippen LogP contribution in [0.15, 0.2) is 42.5 Å². The third-order valence-corrected chi connectivity index (χ3v) is 5.19. The van der Waals surface area contributed by atoms with Crippen molar-refractivity contribution in [2.45, 2.75) is 24.9 Å². The highest BCUT2D eigenvalue weighted by Gasteiger charge is 2.50. The van der Waals surface area contributed by atoms with Gasteiger partial charge in [0.2, 0.25) is 0 Å². The summed E-state index contributed by atoms with van der Waals surface area (Å²) in [7, 11) is 0. The number of aliphatic hydroxyl groups is 1. The molecular formula is C22H20N2O5. The number of ether oxygens (including phenoxy) is 2. The molecule has 7 heteroatoms. The van der Waals surface area contributed by atoms with E-state index in [2.05, 4.69) is 6.07 Å². The number of hydrogen-bond acceptors (Lipinski definition) is 6. The van der Waals surface area contributed by atoms with Gasteiger partial charge in [0.25, 0.3) is 5.91 Å². The largest absolute Gasteiger partial charge is 0.486 e. The summed E-state index contributed by atoms with van der Waals surface area (Å²) in [5, 5.41) is 20.0. The Morgan fingerprint density at radius 2 is 1.93 bits per heavy atom. The van der Waals surface area contributed by atoms with Crippen molar-refractivity contribution in [2.24, 2.45) is 0 Å². The smallest absolute Gasteiger partial charge is 0.264 e. The minimum absolute atomic E-state index is 0.306. The number of hydrogen-bond donors (Lipinski definition) is 1. The maximum atomic E-state index is 13.1. The van der Waals surface area contributed by atoms with Gasteiger partial charge in [-0.15, -0.1) is 0 Å². The normalized spacial score (nSPS) is 19.6. The Labute approximate surface area is 168 Å². The molecule has 2 aromatic carbocycles. The molecule has 0 saturated carbocycles. The molecule has 1 N–H and O–H groups in total. The molecule has 0 aliphatic carbocycles. The molecule has 4 rings (SSSR count). The van der Waals surface area contributed by atoms with Gasteiger partial charge >= 0.3 is 0 Å². The van der Waals surface area contributed by atoms with E-state index in [1.54, 1.807) is 42.5 Å². The van der Waals surface area contributed by atoms with Crippen LogP contribution in [-0.2, 0) is 10.4 Å². The minimum Gasteiger partial charge on any atom is -0.486 e. The van der Waals surface area contributed by atoms with Crippen LogP contribution in [0.4, 0.5) is 5.69 Å². The number of unbranched alkanes of at least 4 members (excludes halogenated alkanes) is 1. The van der Waals surface area contributed by atoms with Crippen LogP contribution in [0.5, 0.6) is 11.5 Å². The number of ketones is 1. The quantitative estimate of drug-likeness (QED) is 0.599. The van der Waals surface area contributed by atoms with Gasteiger partial charge in [-0.25, -0.2) is 0 Å². The van der Waals surface area contributed by atoms with Gasteiger partial charge in [-0.05, 0) is 30.7 Å². The van der Waals surface area contributed by atoms with Crippen molar-refractivity contribution in [1.82, 2.24) is 0 Å². The van der Waals surface area contributed by atoms with Crippen molar-refractivity contribution in [2.75, 3.05) is 24.7 Å². The number of nitrogens with zero attached hydrogens (tertiary/aromatic N) is 2. The van der Waals surface area contributed by atoms with Crippen LogP contribution in [0.25, 0.3) is 0 Å². The molecule has 0 unspecified atom stereocenters. The predicted octanol–water partition coefficient (Wildman–Crippen LogP) is 2.57. The molecule has 1 amide bonds. The van der Waals surface area contributed by atoms with Crippen LogP contribution in [0, 0.1) is 11.3 Å². The second-order valence-corrected chi connectivity index (χ2v) is 7.05. The molecule has 0 radical (unpaired) electrons. The number of rotatable bonds is 6. The fourth-order valence-corrected chi connectivity index (χ4v) is 3.77. The predicted molar refractivity (Wildman–Crippen MR) is 104 cm³/mol. The highest BCUT2D eigenvalue weighted by Crippen LogP contribution is 2.43. The fraction of sp³-hybridized carbons (Fsp3) is 0.318. The van der Waals surface area contributed by atoms with Crippen molar-refractivity contribution in [3.63, 3.8) is 0 Å². The van der Waals surface area contributed by atoms with Gasteiger partial charge in [-0.3, -0.25) is 9.59 Å². The second kappa shape index (κ2) is 7.57. The van der Waals surface area contributed by atoms with Gasteiger partial charge in [-0.2, -0.15) is 5.26 Å². The lowest BCUT2D eigenvalue weighted by Crippen LogP contribution is -2.42. The molecule has 0 fully saturated rings. The lowest BCUT2D eigenvalue weighted by atomic mass is 9.88. The fourth-order valence-electron chi connectivity index (χ4n) is 3.77. The van der Waals surface area contributed by atoms with Crippen LogP contribution >= 0.6 is 0 Å². The first kappa shape index (κ1) is 19.0. The number of carbonyl (C=O) groups is 2. The molecule has 2 aliphatic heterocycles. The summed E-state index contributed by atoms with van der Waals surface area (Å²) in [6.07, 6.45) is 0.417. The zero-order valence-electron chi connectivity index (χ0n) is 15.8. The lowest BCUT2D eigenvalue weighted by molar-refractivity contribution is -0.135. The summed E-state index contributed by atoms with van der Waals surface area (Å²) >= 11 is 0. The second-order valence-electron chi connectivity index (χ2n) is 7.05. The molecule has 7 nitrogen and oxygen atoms in total. The number of para-hydroxylation sites is 1. The number of fused-ring (bicyclic) bond motifs is 2. The van der Waals surface area contributed by atoms with E-state index in [0.29, 0.717) is 60.9 Å². The average molecular weight is 392 g/mol. The summed E-state index contributed by atoms with van der Waals surface area (Å²) in [5.74, 6) is 0.136.